The van der Waals surface area contributed by atoms with Gasteiger partial charge in [-0.3, -0.25) is 4.79 Å². The minimum atomic E-state index is -0.262. The second-order valence-electron chi connectivity index (χ2n) is 5.88. The van der Waals surface area contributed by atoms with Crippen LogP contribution in [0.5, 0.6) is 11.5 Å². The highest BCUT2D eigenvalue weighted by atomic mass is 16.5. The molecule has 1 saturated heterocycles. The van der Waals surface area contributed by atoms with E-state index < -0.39 is 0 Å². The van der Waals surface area contributed by atoms with Crippen LogP contribution in [0.1, 0.15) is 23.2 Å². The molecule has 6 nitrogen and oxygen atoms in total. The van der Waals surface area contributed by atoms with E-state index in [1.165, 1.54) is 0 Å². The third-order valence-corrected chi connectivity index (χ3v) is 4.06. The molecule has 1 amide bonds. The van der Waals surface area contributed by atoms with E-state index in [1.807, 2.05) is 6.07 Å². The van der Waals surface area contributed by atoms with Crippen molar-refractivity contribution >= 4 is 17.3 Å². The Balaban J connectivity index is 1.66. The van der Waals surface area contributed by atoms with Crippen LogP contribution in [0.2, 0.25) is 0 Å². The number of nitrogens with two attached hydrogens (primary N) is 1. The Morgan fingerprint density at radius 1 is 1.28 bits per heavy atom. The lowest BCUT2D eigenvalue weighted by molar-refractivity contribution is 0.0679. The third-order valence-electron chi connectivity index (χ3n) is 4.06. The summed E-state index contributed by atoms with van der Waals surface area (Å²) in [5.41, 5.74) is 7.38. The molecule has 1 aliphatic rings. The summed E-state index contributed by atoms with van der Waals surface area (Å²) in [4.78, 5) is 12.5. The van der Waals surface area contributed by atoms with Crippen molar-refractivity contribution in [2.24, 2.45) is 0 Å². The zero-order valence-electron chi connectivity index (χ0n) is 14.2. The van der Waals surface area contributed by atoms with E-state index in [4.69, 9.17) is 19.9 Å². The lowest BCUT2D eigenvalue weighted by Crippen LogP contribution is -2.17. The summed E-state index contributed by atoms with van der Waals surface area (Å²) in [5, 5.41) is 2.80. The van der Waals surface area contributed by atoms with Gasteiger partial charge in [0, 0.05) is 18.2 Å². The van der Waals surface area contributed by atoms with Crippen molar-refractivity contribution < 1.29 is 19.0 Å². The van der Waals surface area contributed by atoms with Gasteiger partial charge in [-0.2, -0.15) is 0 Å². The zero-order valence-corrected chi connectivity index (χ0v) is 14.2. The molecule has 2 aromatic carbocycles. The number of amides is 1. The van der Waals surface area contributed by atoms with E-state index in [9.17, 15) is 4.79 Å². The quantitative estimate of drug-likeness (QED) is 0.788. The van der Waals surface area contributed by atoms with Crippen LogP contribution in [0.15, 0.2) is 42.5 Å². The summed E-state index contributed by atoms with van der Waals surface area (Å²) < 4.78 is 16.4. The smallest absolute Gasteiger partial charge is 0.255 e. The molecule has 0 saturated carbocycles. The number of carbonyl (C=O) groups is 1. The molecule has 0 bridgehead atoms. The van der Waals surface area contributed by atoms with Gasteiger partial charge < -0.3 is 25.3 Å². The molecule has 2 aromatic rings. The molecule has 3 rings (SSSR count). The van der Waals surface area contributed by atoms with Gasteiger partial charge in [0.05, 0.1) is 24.6 Å². The van der Waals surface area contributed by atoms with E-state index >= 15 is 0 Å². The van der Waals surface area contributed by atoms with Gasteiger partial charge >= 0.3 is 0 Å². The predicted molar refractivity (Wildman–Crippen MR) is 96.3 cm³/mol. The van der Waals surface area contributed by atoms with Gasteiger partial charge in [-0.1, -0.05) is 6.07 Å². The molecule has 1 fully saturated rings. The Morgan fingerprint density at radius 2 is 2.16 bits per heavy atom. The summed E-state index contributed by atoms with van der Waals surface area (Å²) in [6.07, 6.45) is 2.21. The highest BCUT2D eigenvalue weighted by Crippen LogP contribution is 2.25. The summed E-state index contributed by atoms with van der Waals surface area (Å²) >= 11 is 0. The Morgan fingerprint density at radius 3 is 2.92 bits per heavy atom. The predicted octanol–water partition coefficient (Wildman–Crippen LogP) is 3.09. The number of benzene rings is 2. The molecule has 3 N–H and O–H groups in total. The fraction of sp³-hybridized carbons (Fsp3) is 0.316. The van der Waals surface area contributed by atoms with Crippen LogP contribution in [0.25, 0.3) is 0 Å². The molecule has 132 valence electrons. The van der Waals surface area contributed by atoms with Gasteiger partial charge in [0.2, 0.25) is 0 Å². The molecule has 0 aliphatic carbocycles. The van der Waals surface area contributed by atoms with E-state index in [-0.39, 0.29) is 12.0 Å². The van der Waals surface area contributed by atoms with Crippen LogP contribution in [0.3, 0.4) is 0 Å². The first-order chi connectivity index (χ1) is 12.2. The maximum absolute atomic E-state index is 12.5. The number of nitrogens with one attached hydrogen (secondary N) is 1. The second-order valence-corrected chi connectivity index (χ2v) is 5.88. The largest absolute Gasteiger partial charge is 0.497 e. The number of anilines is 2. The lowest BCUT2D eigenvalue weighted by Gasteiger charge is -2.13. The summed E-state index contributed by atoms with van der Waals surface area (Å²) in [5.74, 6) is 1.00. The van der Waals surface area contributed by atoms with E-state index in [1.54, 1.807) is 43.5 Å². The zero-order chi connectivity index (χ0) is 17.6. The van der Waals surface area contributed by atoms with Crippen LogP contribution >= 0.6 is 0 Å². The molecule has 1 atom stereocenters. The minimum absolute atomic E-state index is 0.133. The average molecular weight is 342 g/mol. The van der Waals surface area contributed by atoms with Crippen LogP contribution in [-0.2, 0) is 4.74 Å². The van der Waals surface area contributed by atoms with Gasteiger partial charge in [-0.15, -0.1) is 0 Å². The number of hydrogen-bond acceptors (Lipinski definition) is 5. The summed E-state index contributed by atoms with van der Waals surface area (Å²) in [6.45, 7) is 1.28. The van der Waals surface area contributed by atoms with Crippen LogP contribution < -0.4 is 20.5 Å². The van der Waals surface area contributed by atoms with Crippen molar-refractivity contribution in [3.05, 3.63) is 48.0 Å². The van der Waals surface area contributed by atoms with E-state index in [0.717, 1.165) is 19.4 Å². The molecule has 1 unspecified atom stereocenters. The van der Waals surface area contributed by atoms with E-state index in [2.05, 4.69) is 5.32 Å². The number of nitrogen functional groups attached to an aromatic ring is 1. The number of hydrogen-bond donors (Lipinski definition) is 2. The lowest BCUT2D eigenvalue weighted by atomic mass is 10.2. The van der Waals surface area contributed by atoms with Gasteiger partial charge in [0.25, 0.3) is 5.91 Å². The Labute approximate surface area is 146 Å². The van der Waals surface area contributed by atoms with Gasteiger partial charge in [0.1, 0.15) is 18.1 Å². The first-order valence-electron chi connectivity index (χ1n) is 8.25. The molecule has 1 aliphatic heterocycles. The average Bonchev–Trinajstić information content (AvgIpc) is 3.15. The van der Waals surface area contributed by atoms with E-state index in [0.29, 0.717) is 35.0 Å². The maximum Gasteiger partial charge on any atom is 0.255 e. The molecule has 0 radical (unpaired) electrons. The van der Waals surface area contributed by atoms with Crippen molar-refractivity contribution in [1.82, 2.24) is 0 Å². The molecule has 0 spiro atoms. The van der Waals surface area contributed by atoms with Crippen molar-refractivity contribution in [3.63, 3.8) is 0 Å². The number of carbonyl (C=O) groups excluding carboxylic acids is 1. The standard InChI is InChI=1S/C19H22N2O4/c1-23-14-7-8-17(20)18(11-14)21-19(22)13-4-2-5-15(10-13)25-12-16-6-3-9-24-16/h2,4-5,7-8,10-11,16H,3,6,9,12,20H2,1H3,(H,21,22). The fourth-order valence-electron chi connectivity index (χ4n) is 2.66. The molecular weight excluding hydrogens is 320 g/mol. The van der Waals surface area contributed by atoms with Crippen molar-refractivity contribution in [3.8, 4) is 11.5 Å². The molecule has 0 aromatic heterocycles. The normalized spacial score (nSPS) is 16.4. The molecule has 6 heteroatoms. The van der Waals surface area contributed by atoms with Crippen LogP contribution in [-0.4, -0.2) is 32.3 Å². The summed E-state index contributed by atoms with van der Waals surface area (Å²) in [6, 6.07) is 12.2. The second kappa shape index (κ2) is 7.90. The van der Waals surface area contributed by atoms with Gasteiger partial charge in [-0.05, 0) is 43.2 Å². The highest BCUT2D eigenvalue weighted by Gasteiger charge is 2.16. The van der Waals surface area contributed by atoms with Crippen LogP contribution in [0.4, 0.5) is 11.4 Å². The highest BCUT2D eigenvalue weighted by molar-refractivity contribution is 6.06. The number of methoxy groups -OCH3 is 1. The van der Waals surface area contributed by atoms with Gasteiger partial charge in [0.15, 0.2) is 0 Å². The maximum atomic E-state index is 12.5. The van der Waals surface area contributed by atoms with Crippen molar-refractivity contribution in [1.29, 1.82) is 0 Å². The number of rotatable bonds is 6. The first kappa shape index (κ1) is 17.1. The van der Waals surface area contributed by atoms with Crippen LogP contribution in [0, 0.1) is 0 Å². The minimum Gasteiger partial charge on any atom is -0.497 e. The summed E-state index contributed by atoms with van der Waals surface area (Å²) in [7, 11) is 1.56. The fourth-order valence-corrected chi connectivity index (χ4v) is 2.66. The molecular formula is C19H22N2O4. The Bertz CT molecular complexity index is 742. The molecule has 25 heavy (non-hydrogen) atoms. The monoisotopic (exact) mass is 342 g/mol. The third kappa shape index (κ3) is 4.42. The first-order valence-corrected chi connectivity index (χ1v) is 8.25. The van der Waals surface area contributed by atoms with Crippen molar-refractivity contribution in [2.45, 2.75) is 18.9 Å². The van der Waals surface area contributed by atoms with Gasteiger partial charge in [-0.25, -0.2) is 0 Å². The topological polar surface area (TPSA) is 82.8 Å². The Kier molecular flexibility index (Phi) is 5.40. The number of ether oxygens (including phenoxy) is 3. The molecule has 1 heterocycles. The van der Waals surface area contributed by atoms with Crippen molar-refractivity contribution in [2.75, 3.05) is 31.4 Å². The Hall–Kier alpha value is -2.73. The SMILES string of the molecule is COc1ccc(N)c(NC(=O)c2cccc(OCC3CCCO3)c2)c1.